The molecule has 0 radical (unpaired) electrons. The molecule has 1 aliphatic rings. The average molecular weight is 297 g/mol. The van der Waals surface area contributed by atoms with Crippen LogP contribution in [-0.2, 0) is 12.8 Å². The minimum Gasteiger partial charge on any atom is -0.504 e. The first kappa shape index (κ1) is 14.4. The summed E-state index contributed by atoms with van der Waals surface area (Å²) in [6.45, 7) is 0.754. The van der Waals surface area contributed by atoms with Gasteiger partial charge in [0.2, 0.25) is 0 Å². The van der Waals surface area contributed by atoms with E-state index in [1.807, 2.05) is 30.3 Å². The van der Waals surface area contributed by atoms with E-state index in [0.29, 0.717) is 5.75 Å². The van der Waals surface area contributed by atoms with Crippen LogP contribution in [0.1, 0.15) is 16.7 Å². The number of methoxy groups -OCH3 is 2. The predicted molar refractivity (Wildman–Crippen MR) is 86.5 cm³/mol. The molecule has 0 aliphatic carbocycles. The number of phenols is 1. The van der Waals surface area contributed by atoms with E-state index in [9.17, 15) is 5.11 Å². The third-order valence-electron chi connectivity index (χ3n) is 3.93. The zero-order chi connectivity index (χ0) is 15.5. The quantitative estimate of drug-likeness (QED) is 0.944. The maximum atomic E-state index is 9.92. The average Bonchev–Trinajstić information content (AvgIpc) is 2.55. The molecule has 0 bridgehead atoms. The van der Waals surface area contributed by atoms with Gasteiger partial charge in [-0.05, 0) is 41.8 Å². The highest BCUT2D eigenvalue weighted by Crippen LogP contribution is 2.32. The van der Waals surface area contributed by atoms with Crippen molar-refractivity contribution in [1.29, 1.82) is 0 Å². The first-order valence-electron chi connectivity index (χ1n) is 7.27. The number of fused-ring (bicyclic) bond motifs is 1. The third kappa shape index (κ3) is 2.77. The van der Waals surface area contributed by atoms with Crippen LogP contribution in [-0.4, -0.2) is 31.6 Å². The second kappa shape index (κ2) is 6.10. The Morgan fingerprint density at radius 3 is 2.55 bits per heavy atom. The van der Waals surface area contributed by atoms with Crippen molar-refractivity contribution in [3.63, 3.8) is 0 Å². The van der Waals surface area contributed by atoms with Crippen LogP contribution in [0.15, 0.2) is 41.4 Å². The van der Waals surface area contributed by atoms with Crippen LogP contribution in [0.4, 0.5) is 0 Å². The van der Waals surface area contributed by atoms with E-state index in [-0.39, 0.29) is 5.75 Å². The fraction of sp³-hybridized carbons (Fsp3) is 0.278. The second-order valence-electron chi connectivity index (χ2n) is 5.28. The second-order valence-corrected chi connectivity index (χ2v) is 5.28. The maximum Gasteiger partial charge on any atom is 0.161 e. The summed E-state index contributed by atoms with van der Waals surface area (Å²) in [6.07, 6.45) is 1.60. The summed E-state index contributed by atoms with van der Waals surface area (Å²) in [4.78, 5) is 4.66. The Hall–Kier alpha value is -2.49. The fourth-order valence-electron chi connectivity index (χ4n) is 2.73. The summed E-state index contributed by atoms with van der Waals surface area (Å²) in [5.41, 5.74) is 4.40. The van der Waals surface area contributed by atoms with E-state index in [0.717, 1.165) is 42.0 Å². The van der Waals surface area contributed by atoms with E-state index in [2.05, 4.69) is 4.99 Å². The minimum absolute atomic E-state index is 0.187. The Bertz CT molecular complexity index is 705. The first-order valence-corrected chi connectivity index (χ1v) is 7.27. The molecular weight excluding hydrogens is 278 g/mol. The van der Waals surface area contributed by atoms with Crippen molar-refractivity contribution in [1.82, 2.24) is 0 Å². The van der Waals surface area contributed by atoms with Gasteiger partial charge in [-0.15, -0.1) is 0 Å². The Labute approximate surface area is 130 Å². The first-order chi connectivity index (χ1) is 10.7. The molecule has 4 nitrogen and oxygen atoms in total. The van der Waals surface area contributed by atoms with Gasteiger partial charge in [0.25, 0.3) is 0 Å². The summed E-state index contributed by atoms with van der Waals surface area (Å²) in [5.74, 6) is 1.52. The normalized spacial score (nSPS) is 13.3. The Morgan fingerprint density at radius 1 is 1.09 bits per heavy atom. The zero-order valence-corrected chi connectivity index (χ0v) is 12.8. The molecule has 0 atom stereocenters. The van der Waals surface area contributed by atoms with Crippen molar-refractivity contribution in [3.8, 4) is 17.2 Å². The van der Waals surface area contributed by atoms with Gasteiger partial charge in [-0.2, -0.15) is 0 Å². The van der Waals surface area contributed by atoms with Crippen molar-refractivity contribution >= 4 is 5.71 Å². The Kier molecular flexibility index (Phi) is 4.00. The lowest BCUT2D eigenvalue weighted by Gasteiger charge is -2.19. The highest BCUT2D eigenvalue weighted by molar-refractivity contribution is 6.04. The molecule has 1 N–H and O–H groups in total. The molecule has 0 aromatic heterocycles. The van der Waals surface area contributed by atoms with Crippen molar-refractivity contribution in [3.05, 3.63) is 53.1 Å². The molecule has 22 heavy (non-hydrogen) atoms. The highest BCUT2D eigenvalue weighted by Gasteiger charge is 2.18. The summed E-state index contributed by atoms with van der Waals surface area (Å²) < 4.78 is 10.4. The number of nitrogens with zero attached hydrogens (tertiary/aromatic N) is 1. The van der Waals surface area contributed by atoms with Crippen LogP contribution in [0.2, 0.25) is 0 Å². The van der Waals surface area contributed by atoms with E-state index in [4.69, 9.17) is 9.47 Å². The fourth-order valence-corrected chi connectivity index (χ4v) is 2.73. The highest BCUT2D eigenvalue weighted by atomic mass is 16.5. The van der Waals surface area contributed by atoms with Gasteiger partial charge in [-0.25, -0.2) is 0 Å². The number of aromatic hydroxyl groups is 1. The molecule has 2 aromatic carbocycles. The van der Waals surface area contributed by atoms with Crippen LogP contribution in [0, 0.1) is 0 Å². The molecule has 4 heteroatoms. The number of phenolic OH excluding ortho intramolecular Hbond substituents is 1. The molecule has 0 amide bonds. The summed E-state index contributed by atoms with van der Waals surface area (Å²) in [5, 5.41) is 9.92. The van der Waals surface area contributed by atoms with Gasteiger partial charge < -0.3 is 14.6 Å². The minimum atomic E-state index is 0.187. The van der Waals surface area contributed by atoms with Crippen LogP contribution < -0.4 is 9.47 Å². The lowest BCUT2D eigenvalue weighted by molar-refractivity contribution is 0.373. The van der Waals surface area contributed by atoms with Crippen LogP contribution in [0.3, 0.4) is 0 Å². The predicted octanol–water partition coefficient (Wildman–Crippen LogP) is 3.00. The van der Waals surface area contributed by atoms with Gasteiger partial charge in [0, 0.05) is 24.2 Å². The molecule has 2 aromatic rings. The molecule has 3 rings (SSSR count). The molecule has 114 valence electrons. The standard InChI is InChI=1S/C18H19NO3/c1-21-14-5-3-12(4-6-14)9-16-15-11-18(22-2)17(20)10-13(15)7-8-19-16/h3-6,10-11,20H,7-9H2,1-2H3. The van der Waals surface area contributed by atoms with E-state index in [1.54, 1.807) is 20.3 Å². The topological polar surface area (TPSA) is 51.0 Å². The summed E-state index contributed by atoms with van der Waals surface area (Å²) in [6, 6.07) is 11.7. The smallest absolute Gasteiger partial charge is 0.161 e. The number of hydrogen-bond donors (Lipinski definition) is 1. The number of hydrogen-bond acceptors (Lipinski definition) is 4. The maximum absolute atomic E-state index is 9.92. The zero-order valence-electron chi connectivity index (χ0n) is 12.8. The molecule has 0 saturated heterocycles. The third-order valence-corrected chi connectivity index (χ3v) is 3.93. The Balaban J connectivity index is 1.90. The lowest BCUT2D eigenvalue weighted by Crippen LogP contribution is -2.15. The van der Waals surface area contributed by atoms with E-state index >= 15 is 0 Å². The monoisotopic (exact) mass is 297 g/mol. The van der Waals surface area contributed by atoms with Crippen molar-refractivity contribution in [2.24, 2.45) is 4.99 Å². The van der Waals surface area contributed by atoms with Gasteiger partial charge in [-0.1, -0.05) is 12.1 Å². The van der Waals surface area contributed by atoms with Gasteiger partial charge in [0.05, 0.1) is 14.2 Å². The lowest BCUT2D eigenvalue weighted by atomic mass is 9.93. The summed E-state index contributed by atoms with van der Waals surface area (Å²) in [7, 11) is 3.22. The largest absolute Gasteiger partial charge is 0.504 e. The molecule has 0 saturated carbocycles. The van der Waals surface area contributed by atoms with Gasteiger partial charge in [0.15, 0.2) is 11.5 Å². The van der Waals surface area contributed by atoms with Crippen molar-refractivity contribution in [2.75, 3.05) is 20.8 Å². The number of rotatable bonds is 4. The molecule has 0 fully saturated rings. The van der Waals surface area contributed by atoms with Crippen LogP contribution >= 0.6 is 0 Å². The van der Waals surface area contributed by atoms with Crippen molar-refractivity contribution in [2.45, 2.75) is 12.8 Å². The number of benzene rings is 2. The molecule has 1 heterocycles. The van der Waals surface area contributed by atoms with E-state index < -0.39 is 0 Å². The van der Waals surface area contributed by atoms with Gasteiger partial charge in [-0.3, -0.25) is 4.99 Å². The summed E-state index contributed by atoms with van der Waals surface area (Å²) >= 11 is 0. The molecule has 1 aliphatic heterocycles. The number of ether oxygens (including phenoxy) is 2. The number of aliphatic imine (C=N–C) groups is 1. The van der Waals surface area contributed by atoms with Gasteiger partial charge >= 0.3 is 0 Å². The Morgan fingerprint density at radius 2 is 1.86 bits per heavy atom. The van der Waals surface area contributed by atoms with Crippen molar-refractivity contribution < 1.29 is 14.6 Å². The van der Waals surface area contributed by atoms with Crippen LogP contribution in [0.5, 0.6) is 17.2 Å². The van der Waals surface area contributed by atoms with E-state index in [1.165, 1.54) is 5.56 Å². The van der Waals surface area contributed by atoms with Crippen LogP contribution in [0.25, 0.3) is 0 Å². The SMILES string of the molecule is COc1ccc(CC2=NCCc3cc(O)c(OC)cc32)cc1. The molecule has 0 spiro atoms. The molecule has 0 unspecified atom stereocenters. The molecular formula is C18H19NO3. The van der Waals surface area contributed by atoms with Gasteiger partial charge in [0.1, 0.15) is 5.75 Å².